The van der Waals surface area contributed by atoms with Gasteiger partial charge in [0.15, 0.2) is 0 Å². The first-order chi connectivity index (χ1) is 6.83. The maximum absolute atomic E-state index is 11.1. The average Bonchev–Trinajstić information content (AvgIpc) is 2.20. The van der Waals surface area contributed by atoms with Crippen LogP contribution in [0.4, 0.5) is 0 Å². The molecule has 1 rings (SSSR count). The summed E-state index contributed by atoms with van der Waals surface area (Å²) < 4.78 is 4.89. The van der Waals surface area contributed by atoms with E-state index in [9.17, 15) is 4.79 Å². The first kappa shape index (κ1) is 11.5. The van der Waals surface area contributed by atoms with Crippen molar-refractivity contribution >= 4 is 5.97 Å². The SMILES string of the molecule is CCOC(=O)CCCC1CCCCC1. The molecule has 0 amide bonds. The second kappa shape index (κ2) is 6.86. The van der Waals surface area contributed by atoms with E-state index in [1.807, 2.05) is 6.92 Å². The normalized spacial score (nSPS) is 18.1. The standard InChI is InChI=1S/C12H22O2/c1-2-14-12(13)10-6-9-11-7-4-3-5-8-11/h11H,2-10H2,1H3. The van der Waals surface area contributed by atoms with Gasteiger partial charge in [-0.15, -0.1) is 0 Å². The molecule has 0 saturated heterocycles. The Morgan fingerprint density at radius 3 is 2.64 bits per heavy atom. The highest BCUT2D eigenvalue weighted by molar-refractivity contribution is 5.69. The van der Waals surface area contributed by atoms with Crippen molar-refractivity contribution in [2.75, 3.05) is 6.61 Å². The highest BCUT2D eigenvalue weighted by Crippen LogP contribution is 2.27. The fraction of sp³-hybridized carbons (Fsp3) is 0.917. The summed E-state index contributed by atoms with van der Waals surface area (Å²) in [7, 11) is 0. The molecule has 0 spiro atoms. The summed E-state index contributed by atoms with van der Waals surface area (Å²) in [6.45, 7) is 2.38. The molecule has 0 radical (unpaired) electrons. The van der Waals surface area contributed by atoms with Gasteiger partial charge in [-0.25, -0.2) is 0 Å². The Labute approximate surface area is 87.0 Å². The summed E-state index contributed by atoms with van der Waals surface area (Å²) in [6.07, 6.45) is 9.81. The van der Waals surface area contributed by atoms with E-state index in [1.54, 1.807) is 0 Å². The Hall–Kier alpha value is -0.530. The number of carbonyl (C=O) groups excluding carboxylic acids is 1. The van der Waals surface area contributed by atoms with E-state index in [1.165, 1.54) is 38.5 Å². The molecule has 0 aromatic heterocycles. The van der Waals surface area contributed by atoms with Crippen molar-refractivity contribution in [1.82, 2.24) is 0 Å². The van der Waals surface area contributed by atoms with Gasteiger partial charge < -0.3 is 4.74 Å². The highest BCUT2D eigenvalue weighted by Gasteiger charge is 2.13. The Balaban J connectivity index is 1.99. The van der Waals surface area contributed by atoms with Crippen molar-refractivity contribution < 1.29 is 9.53 Å². The first-order valence-corrected chi connectivity index (χ1v) is 5.98. The van der Waals surface area contributed by atoms with Crippen LogP contribution in [0.25, 0.3) is 0 Å². The second-order valence-corrected chi connectivity index (χ2v) is 4.20. The molecule has 0 heterocycles. The van der Waals surface area contributed by atoms with Gasteiger partial charge in [0.25, 0.3) is 0 Å². The van der Waals surface area contributed by atoms with Crippen LogP contribution >= 0.6 is 0 Å². The second-order valence-electron chi connectivity index (χ2n) is 4.20. The van der Waals surface area contributed by atoms with Crippen molar-refractivity contribution in [3.8, 4) is 0 Å². The molecule has 0 aliphatic heterocycles. The van der Waals surface area contributed by atoms with Crippen LogP contribution in [0, 0.1) is 5.92 Å². The van der Waals surface area contributed by atoms with Crippen molar-refractivity contribution in [3.05, 3.63) is 0 Å². The number of hydrogen-bond acceptors (Lipinski definition) is 2. The summed E-state index contributed by atoms with van der Waals surface area (Å²) in [5.74, 6) is 0.862. The van der Waals surface area contributed by atoms with E-state index in [4.69, 9.17) is 4.74 Å². The van der Waals surface area contributed by atoms with Gasteiger partial charge in [0, 0.05) is 6.42 Å². The van der Waals surface area contributed by atoms with Gasteiger partial charge >= 0.3 is 5.97 Å². The molecular formula is C12H22O2. The number of esters is 1. The zero-order valence-electron chi connectivity index (χ0n) is 9.26. The zero-order valence-corrected chi connectivity index (χ0v) is 9.26. The minimum absolute atomic E-state index is 0.0247. The predicted molar refractivity (Wildman–Crippen MR) is 57.1 cm³/mol. The largest absolute Gasteiger partial charge is 0.466 e. The van der Waals surface area contributed by atoms with Gasteiger partial charge in [0.05, 0.1) is 6.61 Å². The van der Waals surface area contributed by atoms with Crippen molar-refractivity contribution in [1.29, 1.82) is 0 Å². The first-order valence-electron chi connectivity index (χ1n) is 5.98. The summed E-state index contributed by atoms with van der Waals surface area (Å²) in [6, 6.07) is 0. The number of rotatable bonds is 5. The van der Waals surface area contributed by atoms with Gasteiger partial charge in [0.2, 0.25) is 0 Å². The van der Waals surface area contributed by atoms with Gasteiger partial charge in [0.1, 0.15) is 0 Å². The molecule has 2 nitrogen and oxygen atoms in total. The summed E-state index contributed by atoms with van der Waals surface area (Å²) in [5.41, 5.74) is 0. The van der Waals surface area contributed by atoms with E-state index in [0.29, 0.717) is 13.0 Å². The van der Waals surface area contributed by atoms with E-state index in [-0.39, 0.29) is 5.97 Å². The van der Waals surface area contributed by atoms with Crippen molar-refractivity contribution in [3.63, 3.8) is 0 Å². The lowest BCUT2D eigenvalue weighted by molar-refractivity contribution is -0.143. The smallest absolute Gasteiger partial charge is 0.305 e. The molecule has 82 valence electrons. The molecule has 0 aromatic rings. The molecule has 0 unspecified atom stereocenters. The molecule has 14 heavy (non-hydrogen) atoms. The molecule has 1 fully saturated rings. The average molecular weight is 198 g/mol. The summed E-state index contributed by atoms with van der Waals surface area (Å²) >= 11 is 0. The molecule has 0 aromatic carbocycles. The van der Waals surface area contributed by atoms with Crippen LogP contribution in [0.15, 0.2) is 0 Å². The molecular weight excluding hydrogens is 176 g/mol. The summed E-state index contributed by atoms with van der Waals surface area (Å²) in [5, 5.41) is 0. The Morgan fingerprint density at radius 2 is 2.00 bits per heavy atom. The lowest BCUT2D eigenvalue weighted by Gasteiger charge is -2.20. The number of hydrogen-bond donors (Lipinski definition) is 0. The topological polar surface area (TPSA) is 26.3 Å². The Bertz CT molecular complexity index is 160. The zero-order chi connectivity index (χ0) is 10.2. The van der Waals surface area contributed by atoms with Crippen LogP contribution < -0.4 is 0 Å². The van der Waals surface area contributed by atoms with Crippen molar-refractivity contribution in [2.45, 2.75) is 58.3 Å². The fourth-order valence-corrected chi connectivity index (χ4v) is 2.24. The monoisotopic (exact) mass is 198 g/mol. The molecule has 1 saturated carbocycles. The molecule has 0 atom stereocenters. The van der Waals surface area contributed by atoms with E-state index in [2.05, 4.69) is 0 Å². The Morgan fingerprint density at radius 1 is 1.29 bits per heavy atom. The molecule has 1 aliphatic carbocycles. The van der Waals surface area contributed by atoms with Crippen LogP contribution in [0.5, 0.6) is 0 Å². The van der Waals surface area contributed by atoms with Crippen LogP contribution in [-0.2, 0) is 9.53 Å². The number of carbonyl (C=O) groups is 1. The van der Waals surface area contributed by atoms with Crippen LogP contribution in [0.2, 0.25) is 0 Å². The third-order valence-electron chi connectivity index (χ3n) is 3.02. The van der Waals surface area contributed by atoms with Gasteiger partial charge in [-0.05, 0) is 25.7 Å². The van der Waals surface area contributed by atoms with Gasteiger partial charge in [-0.1, -0.05) is 32.1 Å². The predicted octanol–water partition coefficient (Wildman–Crippen LogP) is 3.30. The molecule has 2 heteroatoms. The summed E-state index contributed by atoms with van der Waals surface area (Å²) in [4.78, 5) is 11.1. The van der Waals surface area contributed by atoms with E-state index in [0.717, 1.165) is 12.3 Å². The minimum atomic E-state index is -0.0247. The maximum atomic E-state index is 11.1. The third kappa shape index (κ3) is 4.64. The lowest BCUT2D eigenvalue weighted by atomic mass is 9.86. The molecule has 0 bridgehead atoms. The third-order valence-corrected chi connectivity index (χ3v) is 3.02. The molecule has 0 N–H and O–H groups in total. The van der Waals surface area contributed by atoms with Crippen LogP contribution in [-0.4, -0.2) is 12.6 Å². The van der Waals surface area contributed by atoms with E-state index < -0.39 is 0 Å². The highest BCUT2D eigenvalue weighted by atomic mass is 16.5. The maximum Gasteiger partial charge on any atom is 0.305 e. The fourth-order valence-electron chi connectivity index (χ4n) is 2.24. The van der Waals surface area contributed by atoms with E-state index >= 15 is 0 Å². The Kier molecular flexibility index (Phi) is 5.65. The van der Waals surface area contributed by atoms with Gasteiger partial charge in [-0.2, -0.15) is 0 Å². The minimum Gasteiger partial charge on any atom is -0.466 e. The van der Waals surface area contributed by atoms with Crippen LogP contribution in [0.1, 0.15) is 58.3 Å². The number of ether oxygens (including phenoxy) is 1. The van der Waals surface area contributed by atoms with Gasteiger partial charge in [-0.3, -0.25) is 4.79 Å². The van der Waals surface area contributed by atoms with Crippen LogP contribution in [0.3, 0.4) is 0 Å². The quantitative estimate of drug-likeness (QED) is 0.633. The van der Waals surface area contributed by atoms with Crippen molar-refractivity contribution in [2.24, 2.45) is 5.92 Å². The lowest BCUT2D eigenvalue weighted by Crippen LogP contribution is -2.08. The molecule has 1 aliphatic rings.